The van der Waals surface area contributed by atoms with Crippen molar-refractivity contribution in [1.82, 2.24) is 15.0 Å². The first-order valence-corrected chi connectivity index (χ1v) is 7.84. The van der Waals surface area contributed by atoms with E-state index in [-0.39, 0.29) is 12.0 Å². The average molecular weight is 330 g/mol. The molecule has 0 aliphatic carbocycles. The number of aryl methyl sites for hydroxylation is 1. The number of hydrogen-bond donors (Lipinski definition) is 1. The molecule has 1 fully saturated rings. The van der Waals surface area contributed by atoms with Crippen molar-refractivity contribution in [2.45, 2.75) is 25.5 Å². The molecule has 2 aromatic rings. The van der Waals surface area contributed by atoms with Gasteiger partial charge in [0.1, 0.15) is 5.75 Å². The molecule has 1 unspecified atom stereocenters. The summed E-state index contributed by atoms with van der Waals surface area (Å²) >= 11 is 0. The molecule has 2 aliphatic heterocycles. The number of nitrogens with one attached hydrogen (secondary N) is 1. The minimum absolute atomic E-state index is 0.0904. The number of carbonyl (C=O) groups excluding carboxylic acids is 1. The third-order valence-corrected chi connectivity index (χ3v) is 4.24. The molecule has 126 valence electrons. The number of aromatic nitrogens is 2. The molecule has 8 nitrogen and oxygen atoms in total. The Hall–Kier alpha value is -2.61. The number of urea groups is 1. The van der Waals surface area contributed by atoms with Crippen LogP contribution in [0.1, 0.15) is 17.8 Å². The topological polar surface area (TPSA) is 89.7 Å². The Bertz CT molecular complexity index is 754. The molecule has 24 heavy (non-hydrogen) atoms. The number of benzene rings is 1. The van der Waals surface area contributed by atoms with Crippen LogP contribution in [-0.2, 0) is 11.3 Å². The van der Waals surface area contributed by atoms with E-state index in [0.717, 1.165) is 17.7 Å². The maximum atomic E-state index is 12.7. The van der Waals surface area contributed by atoms with E-state index in [2.05, 4.69) is 15.5 Å². The molecule has 1 N–H and O–H groups in total. The minimum Gasteiger partial charge on any atom is -0.483 e. The van der Waals surface area contributed by atoms with Crippen LogP contribution < -0.4 is 10.1 Å². The van der Waals surface area contributed by atoms with Gasteiger partial charge in [0, 0.05) is 12.0 Å². The van der Waals surface area contributed by atoms with Crippen LogP contribution in [-0.4, -0.2) is 46.4 Å². The predicted molar refractivity (Wildman–Crippen MR) is 83.7 cm³/mol. The van der Waals surface area contributed by atoms with E-state index >= 15 is 0 Å². The summed E-state index contributed by atoms with van der Waals surface area (Å²) in [6, 6.07) is 7.54. The molecule has 0 radical (unpaired) electrons. The summed E-state index contributed by atoms with van der Waals surface area (Å²) in [5, 5.41) is 6.32. The smallest absolute Gasteiger partial charge is 0.329 e. The maximum Gasteiger partial charge on any atom is 0.329 e. The summed E-state index contributed by atoms with van der Waals surface area (Å²) in [6.07, 6.45) is 0.741. The first kappa shape index (κ1) is 14.9. The lowest BCUT2D eigenvalue weighted by Crippen LogP contribution is -2.49. The molecule has 1 aromatic heterocycles. The van der Waals surface area contributed by atoms with Crippen molar-refractivity contribution in [3.05, 3.63) is 35.7 Å². The Morgan fingerprint density at radius 3 is 3.00 bits per heavy atom. The Labute approximate surface area is 138 Å². The van der Waals surface area contributed by atoms with Crippen molar-refractivity contribution in [3.63, 3.8) is 0 Å². The van der Waals surface area contributed by atoms with Gasteiger partial charge in [0.05, 0.1) is 26.3 Å². The van der Waals surface area contributed by atoms with Gasteiger partial charge < -0.3 is 18.9 Å². The van der Waals surface area contributed by atoms with Gasteiger partial charge in [-0.15, -0.1) is 0 Å². The monoisotopic (exact) mass is 330 g/mol. The lowest BCUT2D eigenvalue weighted by atomic mass is 10.0. The second-order valence-electron chi connectivity index (χ2n) is 6.13. The molecule has 0 saturated carbocycles. The van der Waals surface area contributed by atoms with Crippen molar-refractivity contribution in [3.8, 4) is 5.75 Å². The summed E-state index contributed by atoms with van der Waals surface area (Å²) < 4.78 is 16.7. The van der Waals surface area contributed by atoms with Gasteiger partial charge in [-0.2, -0.15) is 4.98 Å². The SMILES string of the molecule is Cc1noc(NC(=O)N2Cc3ccccc3OC3(CCOC3)C2)n1. The molecule has 1 saturated heterocycles. The molecular weight excluding hydrogens is 312 g/mol. The quantitative estimate of drug-likeness (QED) is 0.860. The predicted octanol–water partition coefficient (Wildman–Crippen LogP) is 1.96. The Morgan fingerprint density at radius 2 is 2.25 bits per heavy atom. The first-order valence-electron chi connectivity index (χ1n) is 7.84. The summed E-state index contributed by atoms with van der Waals surface area (Å²) in [6.45, 7) is 3.66. The van der Waals surface area contributed by atoms with Crippen LogP contribution >= 0.6 is 0 Å². The van der Waals surface area contributed by atoms with Crippen LogP contribution in [0.5, 0.6) is 5.75 Å². The highest BCUT2D eigenvalue weighted by molar-refractivity contribution is 5.87. The van der Waals surface area contributed by atoms with Gasteiger partial charge in [0.15, 0.2) is 11.4 Å². The van der Waals surface area contributed by atoms with Crippen molar-refractivity contribution in [1.29, 1.82) is 0 Å². The lowest BCUT2D eigenvalue weighted by molar-refractivity contribution is 0.0346. The summed E-state index contributed by atoms with van der Waals surface area (Å²) in [7, 11) is 0. The molecule has 2 amide bonds. The molecule has 2 aliphatic rings. The third-order valence-electron chi connectivity index (χ3n) is 4.24. The summed E-state index contributed by atoms with van der Waals surface area (Å²) in [5.41, 5.74) is 0.437. The highest BCUT2D eigenvalue weighted by atomic mass is 16.6. The Morgan fingerprint density at radius 1 is 1.38 bits per heavy atom. The van der Waals surface area contributed by atoms with Crippen LogP contribution in [0.15, 0.2) is 28.8 Å². The number of hydrogen-bond acceptors (Lipinski definition) is 6. The van der Waals surface area contributed by atoms with Crippen LogP contribution in [0.3, 0.4) is 0 Å². The van der Waals surface area contributed by atoms with Crippen LogP contribution in [0.25, 0.3) is 0 Å². The fraction of sp³-hybridized carbons (Fsp3) is 0.438. The average Bonchev–Trinajstić information content (AvgIpc) is 3.13. The lowest BCUT2D eigenvalue weighted by Gasteiger charge is -2.31. The third kappa shape index (κ3) is 2.80. The largest absolute Gasteiger partial charge is 0.483 e. The van der Waals surface area contributed by atoms with Gasteiger partial charge in [-0.3, -0.25) is 5.32 Å². The van der Waals surface area contributed by atoms with E-state index in [0.29, 0.717) is 32.1 Å². The number of nitrogens with zero attached hydrogens (tertiary/aromatic N) is 3. The Balaban J connectivity index is 1.60. The maximum absolute atomic E-state index is 12.7. The Kier molecular flexibility index (Phi) is 3.61. The van der Waals surface area contributed by atoms with Crippen LogP contribution in [0.4, 0.5) is 10.8 Å². The zero-order valence-corrected chi connectivity index (χ0v) is 13.3. The summed E-state index contributed by atoms with van der Waals surface area (Å²) in [4.78, 5) is 18.4. The number of para-hydroxylation sites is 1. The molecule has 3 heterocycles. The zero-order valence-electron chi connectivity index (χ0n) is 13.3. The second-order valence-corrected chi connectivity index (χ2v) is 6.13. The van der Waals surface area contributed by atoms with E-state index in [4.69, 9.17) is 14.0 Å². The first-order chi connectivity index (χ1) is 11.6. The molecule has 1 atom stereocenters. The van der Waals surface area contributed by atoms with E-state index in [1.807, 2.05) is 24.3 Å². The molecule has 4 rings (SSSR count). The van der Waals surface area contributed by atoms with Crippen molar-refractivity contribution < 1.29 is 18.8 Å². The molecule has 0 bridgehead atoms. The number of fused-ring (bicyclic) bond motifs is 1. The number of anilines is 1. The van der Waals surface area contributed by atoms with E-state index in [9.17, 15) is 4.79 Å². The standard InChI is InChI=1S/C16H18N4O4/c1-11-17-14(24-19-11)18-15(21)20-8-12-4-2-3-5-13(12)23-16(9-20)6-7-22-10-16/h2-5H,6-10H2,1H3,(H,17,18,19,21). The van der Waals surface area contributed by atoms with Crippen molar-refractivity contribution in [2.24, 2.45) is 0 Å². The van der Waals surface area contributed by atoms with Gasteiger partial charge >= 0.3 is 12.0 Å². The van der Waals surface area contributed by atoms with Gasteiger partial charge in [0.2, 0.25) is 0 Å². The molecule has 1 spiro atoms. The van der Waals surface area contributed by atoms with E-state index < -0.39 is 5.60 Å². The number of amides is 2. The van der Waals surface area contributed by atoms with E-state index in [1.165, 1.54) is 0 Å². The van der Waals surface area contributed by atoms with Crippen LogP contribution in [0.2, 0.25) is 0 Å². The van der Waals surface area contributed by atoms with Gasteiger partial charge in [-0.05, 0) is 13.0 Å². The van der Waals surface area contributed by atoms with Crippen molar-refractivity contribution >= 4 is 12.0 Å². The molecule has 8 heteroatoms. The number of rotatable bonds is 1. The van der Waals surface area contributed by atoms with Crippen molar-refractivity contribution in [2.75, 3.05) is 25.1 Å². The minimum atomic E-state index is -0.519. The summed E-state index contributed by atoms with van der Waals surface area (Å²) in [5.74, 6) is 1.27. The second kappa shape index (κ2) is 5.79. The highest BCUT2D eigenvalue weighted by Crippen LogP contribution is 2.34. The van der Waals surface area contributed by atoms with Gasteiger partial charge in [0.25, 0.3) is 0 Å². The molecule has 1 aromatic carbocycles. The fourth-order valence-electron chi connectivity index (χ4n) is 3.06. The normalized spacial score (nSPS) is 22.8. The highest BCUT2D eigenvalue weighted by Gasteiger charge is 2.42. The number of carbonyl (C=O) groups is 1. The van der Waals surface area contributed by atoms with Gasteiger partial charge in [-0.1, -0.05) is 23.4 Å². The number of ether oxygens (including phenoxy) is 2. The molecular formula is C16H18N4O4. The van der Waals surface area contributed by atoms with E-state index in [1.54, 1.807) is 11.8 Å². The zero-order chi connectivity index (χ0) is 16.6. The van der Waals surface area contributed by atoms with Crippen LogP contribution in [0, 0.1) is 6.92 Å². The van der Waals surface area contributed by atoms with Gasteiger partial charge in [-0.25, -0.2) is 4.79 Å². The fourth-order valence-corrected chi connectivity index (χ4v) is 3.06.